The highest BCUT2D eigenvalue weighted by atomic mass is 15.0. The molecule has 0 N–H and O–H groups in total. The highest BCUT2D eigenvalue weighted by molar-refractivity contribution is 6.11. The summed E-state index contributed by atoms with van der Waals surface area (Å²) in [5.41, 5.74) is 11.9. The second-order valence-electron chi connectivity index (χ2n) is 12.3. The van der Waals surface area contributed by atoms with E-state index in [1.165, 1.54) is 0 Å². The lowest BCUT2D eigenvalue weighted by Gasteiger charge is -2.18. The average Bonchev–Trinajstić information content (AvgIpc) is 3.69. The molecule has 0 saturated carbocycles. The van der Waals surface area contributed by atoms with Crippen LogP contribution in [0.3, 0.4) is 0 Å². The maximum atomic E-state index is 10.0. The SMILES string of the molecule is N#Cc1ccc(-c2ccccc2-c2ccc(-n3c4ccccc4c4ccc(C#N)cc43)cc2)c(-n2c3ccccc3c3cc(C#N)ccc32)c1. The second kappa shape index (κ2) is 11.4. The number of hydrogen-bond acceptors (Lipinski definition) is 3. The minimum Gasteiger partial charge on any atom is -0.309 e. The van der Waals surface area contributed by atoms with Gasteiger partial charge < -0.3 is 9.13 Å². The number of nitrogens with zero attached hydrogens (tertiary/aromatic N) is 5. The fourth-order valence-corrected chi connectivity index (χ4v) is 7.39. The first kappa shape index (κ1) is 28.8. The summed E-state index contributed by atoms with van der Waals surface area (Å²) in [6.07, 6.45) is 0. The van der Waals surface area contributed by atoms with Crippen molar-refractivity contribution in [3.8, 4) is 51.8 Å². The van der Waals surface area contributed by atoms with Crippen LogP contribution in [0, 0.1) is 34.0 Å². The van der Waals surface area contributed by atoms with Gasteiger partial charge >= 0.3 is 0 Å². The molecule has 0 saturated heterocycles. The quantitative estimate of drug-likeness (QED) is 0.193. The molecule has 0 radical (unpaired) electrons. The predicted molar refractivity (Wildman–Crippen MR) is 200 cm³/mol. The Bertz CT molecular complexity index is 2960. The number of hydrogen-bond donors (Lipinski definition) is 0. The Morgan fingerprint density at radius 2 is 0.900 bits per heavy atom. The van der Waals surface area contributed by atoms with Crippen molar-refractivity contribution in [3.05, 3.63) is 168 Å². The van der Waals surface area contributed by atoms with E-state index in [9.17, 15) is 15.8 Å². The zero-order valence-corrected chi connectivity index (χ0v) is 26.7. The Labute approximate surface area is 287 Å². The van der Waals surface area contributed by atoms with Crippen molar-refractivity contribution < 1.29 is 0 Å². The van der Waals surface area contributed by atoms with E-state index in [1.807, 2.05) is 84.9 Å². The van der Waals surface area contributed by atoms with E-state index < -0.39 is 0 Å². The molecule has 0 spiro atoms. The third kappa shape index (κ3) is 4.38. The monoisotopic (exact) mass is 635 g/mol. The molecule has 9 aromatic rings. The van der Waals surface area contributed by atoms with E-state index in [0.29, 0.717) is 16.7 Å². The van der Waals surface area contributed by atoms with Crippen LogP contribution in [0.25, 0.3) is 77.2 Å². The molecule has 0 amide bonds. The Balaban J connectivity index is 1.23. The minimum absolute atomic E-state index is 0.566. The first-order chi connectivity index (χ1) is 24.7. The van der Waals surface area contributed by atoms with Crippen molar-refractivity contribution >= 4 is 43.6 Å². The van der Waals surface area contributed by atoms with Gasteiger partial charge in [0, 0.05) is 32.8 Å². The molecule has 0 unspecified atom stereocenters. The molecule has 7 aromatic carbocycles. The Kier molecular flexibility index (Phi) is 6.56. The number of aromatic nitrogens is 2. The molecule has 5 nitrogen and oxygen atoms in total. The van der Waals surface area contributed by atoms with Gasteiger partial charge in [0.15, 0.2) is 0 Å². The lowest BCUT2D eigenvalue weighted by atomic mass is 9.92. The molecule has 50 heavy (non-hydrogen) atoms. The van der Waals surface area contributed by atoms with Crippen molar-refractivity contribution in [1.82, 2.24) is 9.13 Å². The van der Waals surface area contributed by atoms with E-state index >= 15 is 0 Å². The van der Waals surface area contributed by atoms with Gasteiger partial charge in [-0.1, -0.05) is 84.9 Å². The molecule has 0 bridgehead atoms. The fourth-order valence-electron chi connectivity index (χ4n) is 7.39. The number of para-hydroxylation sites is 2. The summed E-state index contributed by atoms with van der Waals surface area (Å²) in [7, 11) is 0. The molecule has 2 heterocycles. The normalized spacial score (nSPS) is 11.1. The van der Waals surface area contributed by atoms with Crippen molar-refractivity contribution in [2.75, 3.05) is 0 Å². The van der Waals surface area contributed by atoms with Gasteiger partial charge in [-0.3, -0.25) is 0 Å². The summed E-state index contributed by atoms with van der Waals surface area (Å²) in [6.45, 7) is 0. The number of nitriles is 3. The largest absolute Gasteiger partial charge is 0.309 e. The van der Waals surface area contributed by atoms with Crippen LogP contribution in [0.2, 0.25) is 0 Å². The molecule has 5 heteroatoms. The van der Waals surface area contributed by atoms with Crippen LogP contribution in [0.15, 0.2) is 152 Å². The Morgan fingerprint density at radius 1 is 0.360 bits per heavy atom. The predicted octanol–water partition coefficient (Wildman–Crippen LogP) is 10.8. The minimum atomic E-state index is 0.566. The van der Waals surface area contributed by atoms with Crippen molar-refractivity contribution in [3.63, 3.8) is 0 Å². The van der Waals surface area contributed by atoms with E-state index in [0.717, 1.165) is 77.2 Å². The van der Waals surface area contributed by atoms with E-state index in [-0.39, 0.29) is 0 Å². The molecule has 0 fully saturated rings. The number of fused-ring (bicyclic) bond motifs is 6. The summed E-state index contributed by atoms with van der Waals surface area (Å²) < 4.78 is 4.43. The molecule has 0 atom stereocenters. The van der Waals surface area contributed by atoms with E-state index in [4.69, 9.17) is 0 Å². The van der Waals surface area contributed by atoms with Crippen LogP contribution in [0.1, 0.15) is 16.7 Å². The fraction of sp³-hybridized carbons (Fsp3) is 0. The lowest BCUT2D eigenvalue weighted by Crippen LogP contribution is -1.99. The molecule has 9 rings (SSSR count). The molecule has 230 valence electrons. The highest BCUT2D eigenvalue weighted by Crippen LogP contribution is 2.41. The maximum absolute atomic E-state index is 10.0. The molecular weight excluding hydrogens is 611 g/mol. The number of benzene rings is 7. The summed E-state index contributed by atoms with van der Waals surface area (Å²) in [4.78, 5) is 0. The Morgan fingerprint density at radius 3 is 1.64 bits per heavy atom. The van der Waals surface area contributed by atoms with Crippen LogP contribution < -0.4 is 0 Å². The Hall–Kier alpha value is -7.39. The highest BCUT2D eigenvalue weighted by Gasteiger charge is 2.19. The van der Waals surface area contributed by atoms with Crippen LogP contribution in [0.5, 0.6) is 0 Å². The summed E-state index contributed by atoms with van der Waals surface area (Å²) >= 11 is 0. The van der Waals surface area contributed by atoms with Gasteiger partial charge in [0.1, 0.15) is 0 Å². The van der Waals surface area contributed by atoms with Crippen LogP contribution >= 0.6 is 0 Å². The third-order valence-corrected chi connectivity index (χ3v) is 9.63. The van der Waals surface area contributed by atoms with Gasteiger partial charge in [0.25, 0.3) is 0 Å². The summed E-state index contributed by atoms with van der Waals surface area (Å²) in [6, 6.07) is 57.9. The van der Waals surface area contributed by atoms with Gasteiger partial charge in [0.05, 0.1) is 62.7 Å². The maximum Gasteiger partial charge on any atom is 0.0992 e. The van der Waals surface area contributed by atoms with Crippen molar-refractivity contribution in [1.29, 1.82) is 15.8 Å². The molecule has 0 aliphatic carbocycles. The van der Waals surface area contributed by atoms with Gasteiger partial charge in [-0.25, -0.2) is 0 Å². The molecular formula is C45H25N5. The van der Waals surface area contributed by atoms with Crippen LogP contribution in [-0.4, -0.2) is 9.13 Å². The smallest absolute Gasteiger partial charge is 0.0992 e. The zero-order chi connectivity index (χ0) is 33.8. The average molecular weight is 636 g/mol. The first-order valence-corrected chi connectivity index (χ1v) is 16.3. The van der Waals surface area contributed by atoms with Crippen molar-refractivity contribution in [2.45, 2.75) is 0 Å². The standard InChI is InChI=1S/C45H25N5/c46-26-29-15-22-43-40(23-29)37-10-4-6-12-42(37)50(43)45-25-31(28-48)13-20-38(45)35-8-2-1-7-34(35)32-16-18-33(19-17-32)49-41-11-5-3-9-36(41)39-21-14-30(27-47)24-44(39)49/h1-25H. The topological polar surface area (TPSA) is 81.2 Å². The first-order valence-electron chi connectivity index (χ1n) is 16.3. The van der Waals surface area contributed by atoms with Crippen LogP contribution in [-0.2, 0) is 0 Å². The summed E-state index contributed by atoms with van der Waals surface area (Å²) in [5.74, 6) is 0. The lowest BCUT2D eigenvalue weighted by molar-refractivity contribution is 1.18. The van der Waals surface area contributed by atoms with Gasteiger partial charge in [-0.2, -0.15) is 15.8 Å². The molecule has 0 aliphatic rings. The van der Waals surface area contributed by atoms with Gasteiger partial charge in [-0.15, -0.1) is 0 Å². The third-order valence-electron chi connectivity index (χ3n) is 9.63. The van der Waals surface area contributed by atoms with Gasteiger partial charge in [0.2, 0.25) is 0 Å². The van der Waals surface area contributed by atoms with E-state index in [1.54, 1.807) is 0 Å². The summed E-state index contributed by atoms with van der Waals surface area (Å²) in [5, 5.41) is 33.6. The molecule has 0 aliphatic heterocycles. The second-order valence-corrected chi connectivity index (χ2v) is 12.3. The van der Waals surface area contributed by atoms with Crippen molar-refractivity contribution in [2.24, 2.45) is 0 Å². The van der Waals surface area contributed by atoms with E-state index in [2.05, 4.69) is 94.1 Å². The van der Waals surface area contributed by atoms with Crippen LogP contribution in [0.4, 0.5) is 0 Å². The number of rotatable bonds is 4. The molecule has 2 aromatic heterocycles. The zero-order valence-electron chi connectivity index (χ0n) is 26.7. The van der Waals surface area contributed by atoms with Gasteiger partial charge in [-0.05, 0) is 83.4 Å².